The number of alkyl halides is 3. The van der Waals surface area contributed by atoms with Crippen LogP contribution in [0, 0.1) is 11.8 Å². The maximum atomic E-state index is 12.0. The molecule has 2 atom stereocenters. The molecule has 0 aromatic heterocycles. The first kappa shape index (κ1) is 9.27. The van der Waals surface area contributed by atoms with Crippen LogP contribution in [0.25, 0.3) is 0 Å². The Hall–Kier alpha value is -0.290. The SMILES string of the molecule is NC1C2CC1CN(CC(F)(F)F)C2. The van der Waals surface area contributed by atoms with Crippen LogP contribution >= 0.6 is 0 Å². The van der Waals surface area contributed by atoms with Crippen molar-refractivity contribution in [3.63, 3.8) is 0 Å². The fraction of sp³-hybridized carbons (Fsp3) is 1.00. The van der Waals surface area contributed by atoms with Gasteiger partial charge in [0, 0.05) is 19.1 Å². The summed E-state index contributed by atoms with van der Waals surface area (Å²) < 4.78 is 36.0. The summed E-state index contributed by atoms with van der Waals surface area (Å²) in [5, 5.41) is 0. The van der Waals surface area contributed by atoms with Crippen molar-refractivity contribution in [2.45, 2.75) is 18.6 Å². The van der Waals surface area contributed by atoms with Crippen LogP contribution in [0.1, 0.15) is 6.42 Å². The van der Waals surface area contributed by atoms with Gasteiger partial charge in [0.15, 0.2) is 0 Å². The maximum absolute atomic E-state index is 12.0. The quantitative estimate of drug-likeness (QED) is 0.669. The molecule has 0 aromatic rings. The molecule has 3 aliphatic rings. The number of nitrogens with zero attached hydrogens (tertiary/aromatic N) is 1. The normalized spacial score (nSPS) is 40.2. The lowest BCUT2D eigenvalue weighted by atomic mass is 9.67. The molecule has 2 N–H and O–H groups in total. The topological polar surface area (TPSA) is 29.3 Å². The van der Waals surface area contributed by atoms with Gasteiger partial charge in [0.25, 0.3) is 0 Å². The Morgan fingerprint density at radius 1 is 1.23 bits per heavy atom. The second-order valence-corrected chi connectivity index (χ2v) is 4.14. The highest BCUT2D eigenvalue weighted by Gasteiger charge is 2.46. The van der Waals surface area contributed by atoms with Crippen LogP contribution in [0.2, 0.25) is 0 Å². The Labute approximate surface area is 74.9 Å². The van der Waals surface area contributed by atoms with Gasteiger partial charge >= 0.3 is 6.18 Å². The van der Waals surface area contributed by atoms with E-state index < -0.39 is 12.7 Å². The summed E-state index contributed by atoms with van der Waals surface area (Å²) in [7, 11) is 0. The number of fused-ring (bicyclic) bond motifs is 2. The van der Waals surface area contributed by atoms with E-state index in [-0.39, 0.29) is 6.04 Å². The lowest BCUT2D eigenvalue weighted by molar-refractivity contribution is -0.160. The zero-order valence-corrected chi connectivity index (χ0v) is 7.22. The summed E-state index contributed by atoms with van der Waals surface area (Å²) in [5.74, 6) is 0.613. The summed E-state index contributed by atoms with van der Waals surface area (Å²) in [4.78, 5) is 1.47. The zero-order chi connectivity index (χ0) is 9.64. The second kappa shape index (κ2) is 2.85. The average molecular weight is 194 g/mol. The van der Waals surface area contributed by atoms with Crippen LogP contribution in [-0.2, 0) is 0 Å². The lowest BCUT2D eigenvalue weighted by Gasteiger charge is -2.52. The van der Waals surface area contributed by atoms with Crippen LogP contribution in [0.4, 0.5) is 13.2 Å². The highest BCUT2D eigenvalue weighted by molar-refractivity contribution is 4.99. The van der Waals surface area contributed by atoms with Gasteiger partial charge in [-0.3, -0.25) is 4.90 Å². The second-order valence-electron chi connectivity index (χ2n) is 4.14. The van der Waals surface area contributed by atoms with Crippen LogP contribution in [0.3, 0.4) is 0 Å². The monoisotopic (exact) mass is 194 g/mol. The maximum Gasteiger partial charge on any atom is 0.401 e. The van der Waals surface area contributed by atoms with Crippen LogP contribution < -0.4 is 5.73 Å². The van der Waals surface area contributed by atoms with Crippen molar-refractivity contribution >= 4 is 0 Å². The highest BCUT2D eigenvalue weighted by Crippen LogP contribution is 2.39. The molecule has 13 heavy (non-hydrogen) atoms. The third-order valence-electron chi connectivity index (χ3n) is 3.08. The molecule has 0 spiro atoms. The number of rotatable bonds is 1. The Kier molecular flexibility index (Phi) is 2.03. The van der Waals surface area contributed by atoms with Gasteiger partial charge in [-0.05, 0) is 18.3 Å². The van der Waals surface area contributed by atoms with Crippen molar-refractivity contribution in [3.8, 4) is 0 Å². The molecule has 1 aliphatic carbocycles. The molecule has 2 unspecified atom stereocenters. The highest BCUT2D eigenvalue weighted by atomic mass is 19.4. The standard InChI is InChI=1S/C8H13F3N2/c9-8(10,11)4-13-2-5-1-6(3-13)7(5)12/h5-7H,1-4,12H2. The van der Waals surface area contributed by atoms with E-state index in [1.54, 1.807) is 0 Å². The van der Waals surface area contributed by atoms with Gasteiger partial charge in [-0.15, -0.1) is 0 Å². The van der Waals surface area contributed by atoms with E-state index in [4.69, 9.17) is 5.73 Å². The van der Waals surface area contributed by atoms with Crippen molar-refractivity contribution in [2.24, 2.45) is 17.6 Å². The van der Waals surface area contributed by atoms with Crippen molar-refractivity contribution in [1.29, 1.82) is 0 Å². The predicted molar refractivity (Wildman–Crippen MR) is 42.1 cm³/mol. The Balaban J connectivity index is 1.85. The van der Waals surface area contributed by atoms with E-state index >= 15 is 0 Å². The van der Waals surface area contributed by atoms with Crippen molar-refractivity contribution in [3.05, 3.63) is 0 Å². The summed E-state index contributed by atoms with van der Waals surface area (Å²) in [6, 6.07) is 0.157. The van der Waals surface area contributed by atoms with E-state index in [1.807, 2.05) is 0 Å². The Morgan fingerprint density at radius 2 is 1.77 bits per heavy atom. The molecular weight excluding hydrogens is 181 g/mol. The van der Waals surface area contributed by atoms with E-state index in [1.165, 1.54) is 4.90 Å². The molecular formula is C8H13F3N2. The number of piperidine rings is 2. The zero-order valence-electron chi connectivity index (χ0n) is 7.22. The molecule has 76 valence electrons. The first-order valence-corrected chi connectivity index (χ1v) is 4.50. The van der Waals surface area contributed by atoms with Gasteiger partial charge in [-0.1, -0.05) is 0 Å². The minimum Gasteiger partial charge on any atom is -0.327 e. The van der Waals surface area contributed by atoms with Gasteiger partial charge in [0.2, 0.25) is 0 Å². The van der Waals surface area contributed by atoms with Gasteiger partial charge in [0.1, 0.15) is 0 Å². The number of nitrogens with two attached hydrogens (primary N) is 1. The molecule has 2 bridgehead atoms. The lowest BCUT2D eigenvalue weighted by Crippen LogP contribution is -2.62. The summed E-state index contributed by atoms with van der Waals surface area (Å²) >= 11 is 0. The minimum absolute atomic E-state index is 0.157. The van der Waals surface area contributed by atoms with Crippen LogP contribution in [-0.4, -0.2) is 36.8 Å². The minimum atomic E-state index is -4.06. The van der Waals surface area contributed by atoms with Crippen molar-refractivity contribution < 1.29 is 13.2 Å². The van der Waals surface area contributed by atoms with Gasteiger partial charge in [0.05, 0.1) is 6.54 Å². The number of hydrogen-bond donors (Lipinski definition) is 1. The molecule has 5 heteroatoms. The summed E-state index contributed by atoms with van der Waals surface area (Å²) in [5.41, 5.74) is 5.75. The molecule has 1 saturated carbocycles. The summed E-state index contributed by atoms with van der Waals surface area (Å²) in [6.45, 7) is 0.279. The van der Waals surface area contributed by atoms with E-state index in [0.29, 0.717) is 24.9 Å². The third-order valence-corrected chi connectivity index (χ3v) is 3.08. The van der Waals surface area contributed by atoms with Gasteiger partial charge < -0.3 is 5.73 Å². The van der Waals surface area contributed by atoms with Crippen LogP contribution in [0.15, 0.2) is 0 Å². The first-order chi connectivity index (χ1) is 5.96. The van der Waals surface area contributed by atoms with E-state index in [0.717, 1.165) is 6.42 Å². The predicted octanol–water partition coefficient (Wildman–Crippen LogP) is 0.828. The fourth-order valence-electron chi connectivity index (χ4n) is 2.41. The molecule has 3 rings (SSSR count). The smallest absolute Gasteiger partial charge is 0.327 e. The molecule has 0 aromatic carbocycles. The molecule has 2 heterocycles. The average Bonchev–Trinajstić information content (AvgIpc) is 2.00. The van der Waals surface area contributed by atoms with Crippen molar-refractivity contribution in [1.82, 2.24) is 4.90 Å². The van der Waals surface area contributed by atoms with Gasteiger partial charge in [-0.25, -0.2) is 0 Å². The van der Waals surface area contributed by atoms with E-state index in [2.05, 4.69) is 0 Å². The third kappa shape index (κ3) is 1.81. The molecule has 0 radical (unpaired) electrons. The fourth-order valence-corrected chi connectivity index (χ4v) is 2.41. The number of halogens is 3. The molecule has 0 amide bonds. The summed E-state index contributed by atoms with van der Waals surface area (Å²) in [6.07, 6.45) is -3.04. The Bertz CT molecular complexity index is 192. The van der Waals surface area contributed by atoms with Gasteiger partial charge in [-0.2, -0.15) is 13.2 Å². The largest absolute Gasteiger partial charge is 0.401 e. The van der Waals surface area contributed by atoms with Crippen LogP contribution in [0.5, 0.6) is 0 Å². The van der Waals surface area contributed by atoms with E-state index in [9.17, 15) is 13.2 Å². The molecule has 2 saturated heterocycles. The molecule has 3 fully saturated rings. The number of hydrogen-bond acceptors (Lipinski definition) is 2. The van der Waals surface area contributed by atoms with Crippen molar-refractivity contribution in [2.75, 3.05) is 19.6 Å². The molecule has 2 nitrogen and oxygen atoms in total. The Morgan fingerprint density at radius 3 is 2.15 bits per heavy atom. The first-order valence-electron chi connectivity index (χ1n) is 4.50. The molecule has 2 aliphatic heterocycles.